The lowest BCUT2D eigenvalue weighted by molar-refractivity contribution is -0.918. The van der Waals surface area contributed by atoms with E-state index in [1.807, 2.05) is 0 Å². The Labute approximate surface area is 156 Å². The molecule has 0 aliphatic carbocycles. The number of hydrogen-bond donors (Lipinski definition) is 3. The molecule has 3 nitrogen and oxygen atoms in total. The second-order valence-corrected chi connectivity index (χ2v) is 7.25. The van der Waals surface area contributed by atoms with Crippen LogP contribution in [0.1, 0.15) is 30.9 Å². The molecule has 1 aliphatic rings. The van der Waals surface area contributed by atoms with Crippen molar-refractivity contribution in [2.24, 2.45) is 0 Å². The van der Waals surface area contributed by atoms with Gasteiger partial charge in [0.15, 0.2) is 5.11 Å². The van der Waals surface area contributed by atoms with Gasteiger partial charge in [0.25, 0.3) is 0 Å². The molecule has 2 aromatic carbocycles. The molecule has 132 valence electrons. The minimum Gasteiger partial charge on any atom is -0.359 e. The number of benzene rings is 2. The molecule has 0 radical (unpaired) electrons. The number of thiocarbonyl (C=S) groups is 1. The zero-order chi connectivity index (χ0) is 17.5. The molecule has 4 heteroatoms. The topological polar surface area (TPSA) is 28.5 Å². The molecular weight excluding hydrogens is 326 g/mol. The highest BCUT2D eigenvalue weighted by Crippen LogP contribution is 2.11. The lowest BCUT2D eigenvalue weighted by atomic mass is 10.0. The summed E-state index contributed by atoms with van der Waals surface area (Å²) >= 11 is 5.50. The third-order valence-corrected chi connectivity index (χ3v) is 5.14. The smallest absolute Gasteiger partial charge is 0.171 e. The number of hydrogen-bond acceptors (Lipinski definition) is 1. The van der Waals surface area contributed by atoms with Gasteiger partial charge >= 0.3 is 0 Å². The molecule has 2 aromatic rings. The van der Waals surface area contributed by atoms with Crippen molar-refractivity contribution in [3.8, 4) is 0 Å². The van der Waals surface area contributed by atoms with Crippen LogP contribution >= 0.6 is 12.2 Å². The summed E-state index contributed by atoms with van der Waals surface area (Å²) in [4.78, 5) is 1.67. The number of aryl methyl sites for hydroxylation is 1. The van der Waals surface area contributed by atoms with Crippen LogP contribution in [0.25, 0.3) is 0 Å². The molecule has 0 bridgehead atoms. The summed E-state index contributed by atoms with van der Waals surface area (Å²) in [5.41, 5.74) is 3.83. The Kier molecular flexibility index (Phi) is 6.42. The maximum absolute atomic E-state index is 5.50. The number of likely N-dealkylation sites (tertiary alicyclic amines) is 1. The number of piperidine rings is 1. The molecule has 0 saturated carbocycles. The van der Waals surface area contributed by atoms with Gasteiger partial charge in [-0.3, -0.25) is 0 Å². The van der Waals surface area contributed by atoms with Crippen LogP contribution in [0.3, 0.4) is 0 Å². The quantitative estimate of drug-likeness (QED) is 0.721. The van der Waals surface area contributed by atoms with E-state index in [-0.39, 0.29) is 0 Å². The van der Waals surface area contributed by atoms with Crippen LogP contribution in [-0.4, -0.2) is 24.2 Å². The average molecular weight is 355 g/mol. The summed E-state index contributed by atoms with van der Waals surface area (Å²) in [7, 11) is 0. The molecule has 3 N–H and O–H groups in total. The SMILES string of the molecule is CCc1cccc(NC(=S)NC2CC[NH+](Cc3ccccc3)CC2)c1. The first kappa shape index (κ1) is 17.9. The Morgan fingerprint density at radius 3 is 2.48 bits per heavy atom. The van der Waals surface area contributed by atoms with E-state index in [9.17, 15) is 0 Å². The third kappa shape index (κ3) is 5.55. The molecule has 0 unspecified atom stereocenters. The lowest BCUT2D eigenvalue weighted by Gasteiger charge is -2.30. The Bertz CT molecular complexity index is 679. The molecule has 1 fully saturated rings. The van der Waals surface area contributed by atoms with E-state index in [1.54, 1.807) is 4.90 Å². The van der Waals surface area contributed by atoms with Gasteiger partial charge in [0, 0.05) is 30.1 Å². The monoisotopic (exact) mass is 354 g/mol. The van der Waals surface area contributed by atoms with Gasteiger partial charge in [-0.25, -0.2) is 0 Å². The van der Waals surface area contributed by atoms with Crippen LogP contribution in [0.2, 0.25) is 0 Å². The van der Waals surface area contributed by atoms with E-state index < -0.39 is 0 Å². The predicted octanol–water partition coefficient (Wildman–Crippen LogP) is 2.78. The Balaban J connectivity index is 1.43. The predicted molar refractivity (Wildman–Crippen MR) is 109 cm³/mol. The first-order valence-electron chi connectivity index (χ1n) is 9.27. The van der Waals surface area contributed by atoms with Gasteiger partial charge in [-0.15, -0.1) is 0 Å². The van der Waals surface area contributed by atoms with E-state index >= 15 is 0 Å². The van der Waals surface area contributed by atoms with Crippen LogP contribution in [0.5, 0.6) is 0 Å². The van der Waals surface area contributed by atoms with Gasteiger partial charge in [0.2, 0.25) is 0 Å². The first-order chi connectivity index (χ1) is 12.2. The lowest BCUT2D eigenvalue weighted by Crippen LogP contribution is -3.12. The summed E-state index contributed by atoms with van der Waals surface area (Å²) in [6, 6.07) is 19.7. The van der Waals surface area contributed by atoms with E-state index in [2.05, 4.69) is 72.2 Å². The highest BCUT2D eigenvalue weighted by molar-refractivity contribution is 7.80. The van der Waals surface area contributed by atoms with Crippen molar-refractivity contribution in [2.45, 2.75) is 38.8 Å². The maximum atomic E-state index is 5.50. The highest BCUT2D eigenvalue weighted by Gasteiger charge is 2.22. The Morgan fingerprint density at radius 1 is 1.04 bits per heavy atom. The number of anilines is 1. The third-order valence-electron chi connectivity index (χ3n) is 4.92. The molecule has 1 saturated heterocycles. The first-order valence-corrected chi connectivity index (χ1v) is 9.67. The molecule has 0 atom stereocenters. The Hall–Kier alpha value is -1.91. The van der Waals surface area contributed by atoms with Crippen molar-refractivity contribution in [2.75, 3.05) is 18.4 Å². The zero-order valence-corrected chi connectivity index (χ0v) is 15.7. The Morgan fingerprint density at radius 2 is 1.76 bits per heavy atom. The van der Waals surface area contributed by atoms with Gasteiger partial charge < -0.3 is 15.5 Å². The van der Waals surface area contributed by atoms with Crippen molar-refractivity contribution in [1.29, 1.82) is 0 Å². The average Bonchev–Trinajstić information content (AvgIpc) is 2.64. The molecule has 1 heterocycles. The molecule has 0 spiro atoms. The normalized spacial score (nSPS) is 20.0. The van der Waals surface area contributed by atoms with Crippen molar-refractivity contribution in [1.82, 2.24) is 5.32 Å². The molecular formula is C21H28N3S+. The number of quaternary nitrogens is 1. The highest BCUT2D eigenvalue weighted by atomic mass is 32.1. The second-order valence-electron chi connectivity index (χ2n) is 6.84. The summed E-state index contributed by atoms with van der Waals surface area (Å²) < 4.78 is 0. The summed E-state index contributed by atoms with van der Waals surface area (Å²) in [5.74, 6) is 0. The molecule has 25 heavy (non-hydrogen) atoms. The molecule has 0 aromatic heterocycles. The van der Waals surface area contributed by atoms with E-state index in [0.717, 1.165) is 23.8 Å². The van der Waals surface area contributed by atoms with Gasteiger partial charge in [-0.1, -0.05) is 49.4 Å². The van der Waals surface area contributed by atoms with Crippen LogP contribution in [0, 0.1) is 0 Å². The van der Waals surface area contributed by atoms with E-state index in [0.29, 0.717) is 6.04 Å². The van der Waals surface area contributed by atoms with Gasteiger partial charge in [0.1, 0.15) is 6.54 Å². The van der Waals surface area contributed by atoms with Crippen molar-refractivity contribution in [3.63, 3.8) is 0 Å². The van der Waals surface area contributed by atoms with Gasteiger partial charge in [-0.2, -0.15) is 0 Å². The number of nitrogens with one attached hydrogen (secondary N) is 3. The fourth-order valence-corrected chi connectivity index (χ4v) is 3.74. The van der Waals surface area contributed by atoms with Gasteiger partial charge in [0.05, 0.1) is 13.1 Å². The number of rotatable bonds is 5. The van der Waals surface area contributed by atoms with Crippen molar-refractivity contribution >= 4 is 23.0 Å². The zero-order valence-electron chi connectivity index (χ0n) is 14.9. The van der Waals surface area contributed by atoms with Crippen molar-refractivity contribution < 1.29 is 4.90 Å². The van der Waals surface area contributed by atoms with Crippen LogP contribution in [0.15, 0.2) is 54.6 Å². The van der Waals surface area contributed by atoms with Crippen LogP contribution < -0.4 is 15.5 Å². The fourth-order valence-electron chi connectivity index (χ4n) is 3.45. The van der Waals surface area contributed by atoms with E-state index in [1.165, 1.54) is 37.1 Å². The summed E-state index contributed by atoms with van der Waals surface area (Å²) in [6.45, 7) is 5.68. The minimum absolute atomic E-state index is 0.480. The largest absolute Gasteiger partial charge is 0.359 e. The van der Waals surface area contributed by atoms with Crippen molar-refractivity contribution in [3.05, 3.63) is 65.7 Å². The van der Waals surface area contributed by atoms with Crippen LogP contribution in [0.4, 0.5) is 5.69 Å². The summed E-state index contributed by atoms with van der Waals surface area (Å²) in [5, 5.41) is 7.57. The molecule has 1 aliphatic heterocycles. The fraction of sp³-hybridized carbons (Fsp3) is 0.381. The van der Waals surface area contributed by atoms with Crippen LogP contribution in [-0.2, 0) is 13.0 Å². The van der Waals surface area contributed by atoms with Gasteiger partial charge in [-0.05, 0) is 36.3 Å². The maximum Gasteiger partial charge on any atom is 0.171 e. The standard InChI is InChI=1S/C21H27N3S/c1-2-17-9-6-10-20(15-17)23-21(25)22-19-11-13-24(14-12-19)16-18-7-4-3-5-8-18/h3-10,15,19H,2,11-14,16H2,1H3,(H2,22,23,25)/p+1. The molecule has 3 rings (SSSR count). The summed E-state index contributed by atoms with van der Waals surface area (Å²) in [6.07, 6.45) is 3.37. The van der Waals surface area contributed by atoms with E-state index in [4.69, 9.17) is 12.2 Å². The second kappa shape index (κ2) is 8.97. The minimum atomic E-state index is 0.480. The molecule has 0 amide bonds.